The number of hydrogen-bond donors (Lipinski definition) is 2. The zero-order valence-corrected chi connectivity index (χ0v) is 11.5. The maximum Gasteiger partial charge on any atom is 0.270 e. The van der Waals surface area contributed by atoms with Crippen molar-refractivity contribution in [2.45, 2.75) is 6.61 Å². The van der Waals surface area contributed by atoms with Crippen LogP contribution in [0.15, 0.2) is 42.5 Å². The van der Waals surface area contributed by atoms with Crippen LogP contribution in [0.4, 0.5) is 11.4 Å². The minimum Gasteiger partial charge on any atom is -0.392 e. The molecule has 0 aliphatic heterocycles. The van der Waals surface area contributed by atoms with Crippen molar-refractivity contribution in [3.63, 3.8) is 0 Å². The van der Waals surface area contributed by atoms with Crippen LogP contribution in [0, 0.1) is 10.1 Å². The Morgan fingerprint density at radius 1 is 1.29 bits per heavy atom. The van der Waals surface area contributed by atoms with Crippen LogP contribution in [-0.4, -0.2) is 15.9 Å². The molecule has 0 aromatic heterocycles. The molecular formula is C14H11ClN2O4. The summed E-state index contributed by atoms with van der Waals surface area (Å²) in [4.78, 5) is 22.2. The summed E-state index contributed by atoms with van der Waals surface area (Å²) in [5, 5.41) is 22.4. The molecule has 6 nitrogen and oxygen atoms in total. The molecule has 108 valence electrons. The molecule has 2 aromatic carbocycles. The van der Waals surface area contributed by atoms with Gasteiger partial charge in [-0.05, 0) is 12.1 Å². The summed E-state index contributed by atoms with van der Waals surface area (Å²) in [7, 11) is 0. The van der Waals surface area contributed by atoms with Crippen molar-refractivity contribution in [1.82, 2.24) is 0 Å². The zero-order valence-electron chi connectivity index (χ0n) is 10.7. The number of amides is 1. The summed E-state index contributed by atoms with van der Waals surface area (Å²) in [6.45, 7) is -0.218. The first-order valence-electron chi connectivity index (χ1n) is 5.97. The summed E-state index contributed by atoms with van der Waals surface area (Å²) in [6, 6.07) is 10.4. The smallest absolute Gasteiger partial charge is 0.270 e. The lowest BCUT2D eigenvalue weighted by atomic mass is 10.1. The van der Waals surface area contributed by atoms with Crippen molar-refractivity contribution in [2.75, 3.05) is 5.32 Å². The van der Waals surface area contributed by atoms with E-state index in [1.165, 1.54) is 12.1 Å². The molecule has 0 unspecified atom stereocenters. The summed E-state index contributed by atoms with van der Waals surface area (Å²) >= 11 is 5.89. The number of non-ortho nitro benzene ring substituents is 1. The third kappa shape index (κ3) is 3.36. The van der Waals surface area contributed by atoms with Gasteiger partial charge in [-0.3, -0.25) is 14.9 Å². The number of carbonyl (C=O) groups excluding carboxylic acids is 1. The molecule has 2 N–H and O–H groups in total. The first-order valence-corrected chi connectivity index (χ1v) is 6.34. The van der Waals surface area contributed by atoms with Gasteiger partial charge in [-0.15, -0.1) is 0 Å². The molecular weight excluding hydrogens is 296 g/mol. The van der Waals surface area contributed by atoms with Gasteiger partial charge in [0.25, 0.3) is 11.6 Å². The molecule has 2 aromatic rings. The Labute approximate surface area is 125 Å². The molecule has 0 saturated heterocycles. The topological polar surface area (TPSA) is 92.5 Å². The average molecular weight is 307 g/mol. The Morgan fingerprint density at radius 3 is 2.62 bits per heavy atom. The van der Waals surface area contributed by atoms with E-state index < -0.39 is 10.8 Å². The minimum absolute atomic E-state index is 0.0109. The second kappa shape index (κ2) is 6.34. The molecule has 0 saturated carbocycles. The molecule has 0 aliphatic carbocycles. The number of nitrogens with zero attached hydrogens (tertiary/aromatic N) is 1. The number of aliphatic hydroxyl groups is 1. The van der Waals surface area contributed by atoms with Crippen molar-refractivity contribution in [3.8, 4) is 0 Å². The summed E-state index contributed by atoms with van der Waals surface area (Å²) in [6.07, 6.45) is 0. The molecule has 0 aliphatic rings. The predicted octanol–water partition coefficient (Wildman–Crippen LogP) is 2.99. The van der Waals surface area contributed by atoms with Crippen LogP contribution in [0.1, 0.15) is 15.9 Å². The largest absolute Gasteiger partial charge is 0.392 e. The lowest BCUT2D eigenvalue weighted by Gasteiger charge is -2.10. The Kier molecular flexibility index (Phi) is 4.52. The van der Waals surface area contributed by atoms with Gasteiger partial charge in [0.2, 0.25) is 0 Å². The molecule has 0 bridgehead atoms. The van der Waals surface area contributed by atoms with Gasteiger partial charge in [-0.2, -0.15) is 0 Å². The summed E-state index contributed by atoms with van der Waals surface area (Å²) < 4.78 is 0. The Morgan fingerprint density at radius 2 is 2.00 bits per heavy atom. The molecule has 0 fully saturated rings. The van der Waals surface area contributed by atoms with Crippen molar-refractivity contribution < 1.29 is 14.8 Å². The summed E-state index contributed by atoms with van der Waals surface area (Å²) in [5.41, 5.74) is 0.950. The SMILES string of the molecule is O=C(Nc1ccccc1CO)c1ccc([N+](=O)[O-])cc1Cl. The quantitative estimate of drug-likeness (QED) is 0.671. The predicted molar refractivity (Wildman–Crippen MR) is 78.4 cm³/mol. The van der Waals surface area contributed by atoms with Crippen molar-refractivity contribution >= 4 is 28.9 Å². The third-order valence-corrected chi connectivity index (χ3v) is 3.16. The van der Waals surface area contributed by atoms with Crippen LogP contribution < -0.4 is 5.32 Å². The van der Waals surface area contributed by atoms with E-state index in [1.807, 2.05) is 0 Å². The fraction of sp³-hybridized carbons (Fsp3) is 0.0714. The number of nitro groups is 1. The second-order valence-electron chi connectivity index (χ2n) is 4.19. The maximum atomic E-state index is 12.1. The average Bonchev–Trinajstić information content (AvgIpc) is 2.47. The molecule has 0 radical (unpaired) electrons. The van der Waals surface area contributed by atoms with Crippen molar-refractivity contribution in [2.24, 2.45) is 0 Å². The zero-order chi connectivity index (χ0) is 15.4. The number of hydrogen-bond acceptors (Lipinski definition) is 4. The normalized spacial score (nSPS) is 10.2. The molecule has 2 rings (SSSR count). The number of aliphatic hydroxyl groups excluding tert-OH is 1. The minimum atomic E-state index is -0.589. The first kappa shape index (κ1) is 15.0. The van der Waals surface area contributed by atoms with Crippen molar-refractivity contribution in [3.05, 3.63) is 68.7 Å². The molecule has 0 heterocycles. The second-order valence-corrected chi connectivity index (χ2v) is 4.60. The molecule has 1 amide bonds. The van der Waals surface area contributed by atoms with E-state index in [-0.39, 0.29) is 22.9 Å². The van der Waals surface area contributed by atoms with Crippen LogP contribution in [0.5, 0.6) is 0 Å². The molecule has 7 heteroatoms. The van der Waals surface area contributed by atoms with Gasteiger partial charge in [0.05, 0.1) is 22.1 Å². The highest BCUT2D eigenvalue weighted by molar-refractivity contribution is 6.34. The number of para-hydroxylation sites is 1. The number of anilines is 1. The lowest BCUT2D eigenvalue weighted by Crippen LogP contribution is -2.14. The number of nitro benzene ring substituents is 1. The van der Waals surface area contributed by atoms with Gasteiger partial charge in [-0.25, -0.2) is 0 Å². The van der Waals surface area contributed by atoms with Gasteiger partial charge < -0.3 is 10.4 Å². The highest BCUT2D eigenvalue weighted by atomic mass is 35.5. The van der Waals surface area contributed by atoms with E-state index in [0.717, 1.165) is 6.07 Å². The Hall–Kier alpha value is -2.44. The van der Waals surface area contributed by atoms with Gasteiger partial charge in [0.15, 0.2) is 0 Å². The van der Waals surface area contributed by atoms with E-state index in [9.17, 15) is 20.0 Å². The van der Waals surface area contributed by atoms with Gasteiger partial charge in [-0.1, -0.05) is 29.8 Å². The first-order chi connectivity index (χ1) is 10.0. The number of carbonyl (C=O) groups is 1. The van der Waals surface area contributed by atoms with E-state index in [2.05, 4.69) is 5.32 Å². The fourth-order valence-corrected chi connectivity index (χ4v) is 2.03. The van der Waals surface area contributed by atoms with E-state index in [1.54, 1.807) is 24.3 Å². The van der Waals surface area contributed by atoms with Gasteiger partial charge in [0, 0.05) is 23.4 Å². The van der Waals surface area contributed by atoms with Gasteiger partial charge in [0.1, 0.15) is 0 Å². The molecule has 0 atom stereocenters. The van der Waals surface area contributed by atoms with Crippen molar-refractivity contribution in [1.29, 1.82) is 0 Å². The highest BCUT2D eigenvalue weighted by Gasteiger charge is 2.15. The standard InChI is InChI=1S/C14H11ClN2O4/c15-12-7-10(17(20)21)5-6-11(12)14(19)16-13-4-2-1-3-9(13)8-18/h1-7,18H,8H2,(H,16,19). The number of rotatable bonds is 4. The Balaban J connectivity index is 2.26. The van der Waals surface area contributed by atoms with E-state index in [4.69, 9.17) is 11.6 Å². The van der Waals surface area contributed by atoms with Crippen LogP contribution in [0.2, 0.25) is 5.02 Å². The van der Waals surface area contributed by atoms with Crippen LogP contribution in [-0.2, 0) is 6.61 Å². The number of halogens is 1. The Bertz CT molecular complexity index is 703. The fourth-order valence-electron chi connectivity index (χ4n) is 1.77. The lowest BCUT2D eigenvalue weighted by molar-refractivity contribution is -0.384. The number of nitrogens with one attached hydrogen (secondary N) is 1. The third-order valence-electron chi connectivity index (χ3n) is 2.84. The van der Waals surface area contributed by atoms with E-state index >= 15 is 0 Å². The van der Waals surface area contributed by atoms with E-state index in [0.29, 0.717) is 11.3 Å². The van der Waals surface area contributed by atoms with Crippen LogP contribution in [0.3, 0.4) is 0 Å². The maximum absolute atomic E-state index is 12.1. The van der Waals surface area contributed by atoms with Crippen LogP contribution >= 0.6 is 11.6 Å². The monoisotopic (exact) mass is 306 g/mol. The molecule has 21 heavy (non-hydrogen) atoms. The highest BCUT2D eigenvalue weighted by Crippen LogP contribution is 2.24. The van der Waals surface area contributed by atoms with Gasteiger partial charge >= 0.3 is 0 Å². The van der Waals surface area contributed by atoms with Crippen LogP contribution in [0.25, 0.3) is 0 Å². The molecule has 0 spiro atoms. The summed E-state index contributed by atoms with van der Waals surface area (Å²) in [5.74, 6) is -0.504. The number of benzene rings is 2.